The van der Waals surface area contributed by atoms with Gasteiger partial charge in [-0.15, -0.1) is 23.4 Å². The molecule has 4 heteroatoms. The second kappa shape index (κ2) is 6.64. The minimum atomic E-state index is 0.0698. The van der Waals surface area contributed by atoms with Crippen LogP contribution >= 0.6 is 23.4 Å². The van der Waals surface area contributed by atoms with Crippen molar-refractivity contribution in [3.05, 3.63) is 0 Å². The first-order valence-electron chi connectivity index (χ1n) is 5.63. The molecule has 1 aliphatic rings. The number of amides is 1. The second-order valence-corrected chi connectivity index (χ2v) is 6.40. The molecule has 2 nitrogen and oxygen atoms in total. The van der Waals surface area contributed by atoms with Gasteiger partial charge in [0.2, 0.25) is 5.91 Å². The number of hydrogen-bond acceptors (Lipinski definition) is 2. The molecule has 1 rings (SSSR count). The molecule has 1 aliphatic heterocycles. The Balaban J connectivity index is 2.15. The van der Waals surface area contributed by atoms with Gasteiger partial charge in [0, 0.05) is 6.54 Å². The Kier molecular flexibility index (Phi) is 5.83. The fourth-order valence-corrected chi connectivity index (χ4v) is 3.32. The highest BCUT2D eigenvalue weighted by molar-refractivity contribution is 8.00. The number of halogens is 1. The molecule has 2 unspecified atom stereocenters. The minimum absolute atomic E-state index is 0.0698. The maximum Gasteiger partial charge on any atom is 0.233 e. The second-order valence-electron chi connectivity index (χ2n) is 4.47. The lowest BCUT2D eigenvalue weighted by Gasteiger charge is -2.14. The smallest absolute Gasteiger partial charge is 0.233 e. The molecule has 0 saturated carbocycles. The summed E-state index contributed by atoms with van der Waals surface area (Å²) in [5.41, 5.74) is 0. The molecule has 1 N–H and O–H groups in total. The lowest BCUT2D eigenvalue weighted by molar-refractivity contribution is -0.120. The third kappa shape index (κ3) is 5.12. The van der Waals surface area contributed by atoms with E-state index in [2.05, 4.69) is 19.2 Å². The van der Waals surface area contributed by atoms with Crippen molar-refractivity contribution in [2.75, 3.05) is 12.3 Å². The van der Waals surface area contributed by atoms with Gasteiger partial charge in [0.25, 0.3) is 0 Å². The van der Waals surface area contributed by atoms with Crippen molar-refractivity contribution in [3.8, 4) is 0 Å². The van der Waals surface area contributed by atoms with Crippen LogP contribution in [-0.2, 0) is 4.79 Å². The molecule has 0 radical (unpaired) electrons. The van der Waals surface area contributed by atoms with Crippen molar-refractivity contribution in [2.45, 2.75) is 43.7 Å². The topological polar surface area (TPSA) is 29.1 Å². The van der Waals surface area contributed by atoms with E-state index in [0.717, 1.165) is 18.6 Å². The monoisotopic (exact) mass is 249 g/mol. The largest absolute Gasteiger partial charge is 0.354 e. The number of carbonyl (C=O) groups is 1. The van der Waals surface area contributed by atoms with Gasteiger partial charge in [-0.3, -0.25) is 4.79 Å². The van der Waals surface area contributed by atoms with Gasteiger partial charge in [-0.25, -0.2) is 0 Å². The van der Waals surface area contributed by atoms with Crippen LogP contribution in [-0.4, -0.2) is 28.8 Å². The van der Waals surface area contributed by atoms with Gasteiger partial charge < -0.3 is 5.32 Å². The maximum atomic E-state index is 11.6. The third-order valence-corrected chi connectivity index (χ3v) is 4.16. The van der Waals surface area contributed by atoms with Crippen LogP contribution in [0, 0.1) is 5.92 Å². The summed E-state index contributed by atoms with van der Waals surface area (Å²) in [5.74, 6) is 1.88. The summed E-state index contributed by atoms with van der Waals surface area (Å²) >= 11 is 7.87. The van der Waals surface area contributed by atoms with Gasteiger partial charge in [-0.1, -0.05) is 13.8 Å². The summed E-state index contributed by atoms with van der Waals surface area (Å²) in [7, 11) is 0. The first-order valence-corrected chi connectivity index (χ1v) is 7.11. The van der Waals surface area contributed by atoms with Crippen molar-refractivity contribution in [1.29, 1.82) is 0 Å². The molecular weight excluding hydrogens is 230 g/mol. The van der Waals surface area contributed by atoms with Crippen LogP contribution in [0.2, 0.25) is 0 Å². The molecule has 0 aromatic heterocycles. The van der Waals surface area contributed by atoms with E-state index in [1.165, 1.54) is 6.42 Å². The SMILES string of the molecule is CC(C)CC(Cl)CNC(=O)C1CCCS1. The van der Waals surface area contributed by atoms with E-state index in [1.807, 2.05) is 0 Å². The van der Waals surface area contributed by atoms with Gasteiger partial charge in [-0.05, 0) is 30.9 Å². The fourth-order valence-electron chi connectivity index (χ4n) is 1.70. The molecule has 15 heavy (non-hydrogen) atoms. The predicted octanol–water partition coefficient (Wildman–Crippen LogP) is 2.65. The standard InChI is InChI=1S/C11H20ClNOS/c1-8(2)6-9(12)7-13-11(14)10-4-3-5-15-10/h8-10H,3-7H2,1-2H3,(H,13,14). The average molecular weight is 250 g/mol. The molecule has 1 heterocycles. The summed E-state index contributed by atoms with van der Waals surface area (Å²) in [5, 5.41) is 3.18. The molecule has 0 bridgehead atoms. The van der Waals surface area contributed by atoms with Crippen LogP contribution in [0.5, 0.6) is 0 Å². The van der Waals surface area contributed by atoms with Crippen molar-refractivity contribution in [1.82, 2.24) is 5.32 Å². The van der Waals surface area contributed by atoms with E-state index in [0.29, 0.717) is 12.5 Å². The summed E-state index contributed by atoms with van der Waals surface area (Å²) < 4.78 is 0. The molecule has 0 aliphatic carbocycles. The lowest BCUT2D eigenvalue weighted by Crippen LogP contribution is -2.35. The van der Waals surface area contributed by atoms with Crippen molar-refractivity contribution in [2.24, 2.45) is 5.92 Å². The Morgan fingerprint density at radius 3 is 2.87 bits per heavy atom. The van der Waals surface area contributed by atoms with E-state index in [-0.39, 0.29) is 16.5 Å². The number of thioether (sulfide) groups is 1. The molecule has 1 fully saturated rings. The lowest BCUT2D eigenvalue weighted by atomic mass is 10.1. The van der Waals surface area contributed by atoms with Gasteiger partial charge >= 0.3 is 0 Å². The molecule has 88 valence electrons. The molecule has 1 saturated heterocycles. The summed E-state index contributed by atoms with van der Waals surface area (Å²) in [6, 6.07) is 0. The Labute approximate surface area is 102 Å². The van der Waals surface area contributed by atoms with Crippen LogP contribution in [0.15, 0.2) is 0 Å². The van der Waals surface area contributed by atoms with Gasteiger partial charge in [0.05, 0.1) is 10.6 Å². The third-order valence-electron chi connectivity index (χ3n) is 2.45. The van der Waals surface area contributed by atoms with Crippen LogP contribution in [0.3, 0.4) is 0 Å². The average Bonchev–Trinajstić information content (AvgIpc) is 2.65. The van der Waals surface area contributed by atoms with E-state index < -0.39 is 0 Å². The molecule has 2 atom stereocenters. The highest BCUT2D eigenvalue weighted by atomic mass is 35.5. The number of rotatable bonds is 5. The summed E-state index contributed by atoms with van der Waals surface area (Å²) in [4.78, 5) is 11.6. The van der Waals surface area contributed by atoms with Gasteiger partial charge in [0.1, 0.15) is 0 Å². The molecule has 1 amide bonds. The van der Waals surface area contributed by atoms with Crippen molar-refractivity contribution >= 4 is 29.3 Å². The van der Waals surface area contributed by atoms with Crippen LogP contribution in [0.1, 0.15) is 33.1 Å². The summed E-state index contributed by atoms with van der Waals surface area (Å²) in [6.07, 6.45) is 3.15. The first kappa shape index (κ1) is 13.2. The number of alkyl halides is 1. The number of nitrogens with one attached hydrogen (secondary N) is 1. The minimum Gasteiger partial charge on any atom is -0.354 e. The van der Waals surface area contributed by atoms with Gasteiger partial charge in [0.15, 0.2) is 0 Å². The number of hydrogen-bond donors (Lipinski definition) is 1. The Morgan fingerprint density at radius 1 is 1.60 bits per heavy atom. The normalized spacial score (nSPS) is 23.1. The molecule has 0 aromatic carbocycles. The highest BCUT2D eigenvalue weighted by Gasteiger charge is 2.23. The van der Waals surface area contributed by atoms with Crippen LogP contribution in [0.4, 0.5) is 0 Å². The zero-order valence-electron chi connectivity index (χ0n) is 9.46. The highest BCUT2D eigenvalue weighted by Crippen LogP contribution is 2.26. The maximum absolute atomic E-state index is 11.6. The quantitative estimate of drug-likeness (QED) is 0.759. The van der Waals surface area contributed by atoms with Gasteiger partial charge in [-0.2, -0.15) is 0 Å². The number of carbonyl (C=O) groups excluding carboxylic acids is 1. The Morgan fingerprint density at radius 2 is 2.33 bits per heavy atom. The molecule has 0 aromatic rings. The first-order chi connectivity index (χ1) is 7.09. The summed E-state index contributed by atoms with van der Waals surface area (Å²) in [6.45, 7) is 4.89. The molecule has 0 spiro atoms. The zero-order chi connectivity index (χ0) is 11.3. The van der Waals surface area contributed by atoms with Crippen molar-refractivity contribution in [3.63, 3.8) is 0 Å². The van der Waals surface area contributed by atoms with Crippen LogP contribution in [0.25, 0.3) is 0 Å². The van der Waals surface area contributed by atoms with E-state index in [4.69, 9.17) is 11.6 Å². The van der Waals surface area contributed by atoms with E-state index >= 15 is 0 Å². The van der Waals surface area contributed by atoms with Crippen molar-refractivity contribution < 1.29 is 4.79 Å². The Bertz CT molecular complexity index is 205. The van der Waals surface area contributed by atoms with E-state index in [1.54, 1.807) is 11.8 Å². The zero-order valence-corrected chi connectivity index (χ0v) is 11.0. The van der Waals surface area contributed by atoms with E-state index in [9.17, 15) is 4.79 Å². The molecular formula is C11H20ClNOS. The van der Waals surface area contributed by atoms with Crippen LogP contribution < -0.4 is 5.32 Å². The Hall–Kier alpha value is 0.110. The fraction of sp³-hybridized carbons (Fsp3) is 0.909. The predicted molar refractivity (Wildman–Crippen MR) is 67.6 cm³/mol.